The van der Waals surface area contributed by atoms with Gasteiger partial charge in [0.15, 0.2) is 0 Å². The quantitative estimate of drug-likeness (QED) is 0.657. The highest BCUT2D eigenvalue weighted by molar-refractivity contribution is 7.80. The molecule has 0 spiro atoms. The lowest BCUT2D eigenvalue weighted by atomic mass is 10.00. The van der Waals surface area contributed by atoms with Crippen LogP contribution in [-0.4, -0.2) is 16.8 Å². The SMILES string of the molecule is NC(=S)c1cccc(N2C(=O)C3CCCC3C2=O)c1. The summed E-state index contributed by atoms with van der Waals surface area (Å²) in [6.07, 6.45) is 2.61. The molecule has 0 aromatic heterocycles. The molecular weight excluding hydrogens is 260 g/mol. The van der Waals surface area contributed by atoms with E-state index in [0.29, 0.717) is 11.3 Å². The summed E-state index contributed by atoms with van der Waals surface area (Å²) in [4.78, 5) is 26.2. The van der Waals surface area contributed by atoms with E-state index in [-0.39, 0.29) is 28.6 Å². The summed E-state index contributed by atoms with van der Waals surface area (Å²) in [6, 6.07) is 6.99. The lowest BCUT2D eigenvalue weighted by molar-refractivity contribution is -0.122. The van der Waals surface area contributed by atoms with Crippen LogP contribution in [0.25, 0.3) is 0 Å². The summed E-state index contributed by atoms with van der Waals surface area (Å²) in [5.41, 5.74) is 6.84. The van der Waals surface area contributed by atoms with Crippen molar-refractivity contribution in [2.24, 2.45) is 17.6 Å². The first-order chi connectivity index (χ1) is 9.09. The largest absolute Gasteiger partial charge is 0.389 e. The first-order valence-electron chi connectivity index (χ1n) is 6.37. The second-order valence-corrected chi connectivity index (χ2v) is 5.51. The molecular formula is C14H14N2O2S. The number of thiocarbonyl (C=S) groups is 1. The first kappa shape index (κ1) is 12.3. The Kier molecular flexibility index (Phi) is 2.86. The van der Waals surface area contributed by atoms with Gasteiger partial charge in [-0.15, -0.1) is 0 Å². The Balaban J connectivity index is 1.98. The lowest BCUT2D eigenvalue weighted by Crippen LogP contribution is -2.31. The van der Waals surface area contributed by atoms with Crippen molar-refractivity contribution in [2.45, 2.75) is 19.3 Å². The number of amides is 2. The van der Waals surface area contributed by atoms with Crippen LogP contribution in [0.1, 0.15) is 24.8 Å². The minimum atomic E-state index is -0.124. The van der Waals surface area contributed by atoms with E-state index in [9.17, 15) is 9.59 Å². The average Bonchev–Trinajstić information content (AvgIpc) is 2.95. The molecule has 19 heavy (non-hydrogen) atoms. The molecule has 1 aliphatic carbocycles. The molecule has 4 nitrogen and oxygen atoms in total. The second kappa shape index (κ2) is 4.42. The van der Waals surface area contributed by atoms with E-state index < -0.39 is 0 Å². The number of nitrogens with zero attached hydrogens (tertiary/aromatic N) is 1. The van der Waals surface area contributed by atoms with Gasteiger partial charge in [-0.25, -0.2) is 0 Å². The summed E-state index contributed by atoms with van der Waals surface area (Å²) in [7, 11) is 0. The predicted octanol–water partition coefficient (Wildman–Crippen LogP) is 1.61. The third-order valence-corrected chi connectivity index (χ3v) is 4.22. The lowest BCUT2D eigenvalue weighted by Gasteiger charge is -2.16. The summed E-state index contributed by atoms with van der Waals surface area (Å²) in [5, 5.41) is 0. The van der Waals surface area contributed by atoms with Gasteiger partial charge in [0.05, 0.1) is 17.5 Å². The maximum atomic E-state index is 12.3. The van der Waals surface area contributed by atoms with Crippen molar-refractivity contribution >= 4 is 34.7 Å². The minimum Gasteiger partial charge on any atom is -0.389 e. The molecule has 2 unspecified atom stereocenters. The molecule has 3 rings (SSSR count). The molecule has 1 aromatic rings. The number of benzene rings is 1. The highest BCUT2D eigenvalue weighted by Gasteiger charge is 2.50. The number of carbonyl (C=O) groups excluding carboxylic acids is 2. The predicted molar refractivity (Wildman–Crippen MR) is 75.7 cm³/mol. The van der Waals surface area contributed by atoms with E-state index in [1.807, 2.05) is 0 Å². The Morgan fingerprint density at radius 3 is 2.42 bits per heavy atom. The maximum absolute atomic E-state index is 12.3. The van der Waals surface area contributed by atoms with Gasteiger partial charge in [0.25, 0.3) is 0 Å². The summed E-state index contributed by atoms with van der Waals surface area (Å²) in [6.45, 7) is 0. The second-order valence-electron chi connectivity index (χ2n) is 5.07. The van der Waals surface area contributed by atoms with Gasteiger partial charge in [0.2, 0.25) is 11.8 Å². The number of imide groups is 1. The zero-order chi connectivity index (χ0) is 13.6. The van der Waals surface area contributed by atoms with Crippen molar-refractivity contribution in [3.8, 4) is 0 Å². The van der Waals surface area contributed by atoms with Crippen LogP contribution in [0.15, 0.2) is 24.3 Å². The van der Waals surface area contributed by atoms with Gasteiger partial charge in [0, 0.05) is 5.56 Å². The van der Waals surface area contributed by atoms with Crippen LogP contribution in [-0.2, 0) is 9.59 Å². The minimum absolute atomic E-state index is 0.0763. The van der Waals surface area contributed by atoms with Crippen LogP contribution in [0.4, 0.5) is 5.69 Å². The zero-order valence-corrected chi connectivity index (χ0v) is 11.2. The number of fused-ring (bicyclic) bond motifs is 1. The van der Waals surface area contributed by atoms with Crippen LogP contribution < -0.4 is 10.6 Å². The number of carbonyl (C=O) groups is 2. The van der Waals surface area contributed by atoms with Crippen molar-refractivity contribution in [3.63, 3.8) is 0 Å². The van der Waals surface area contributed by atoms with Crippen molar-refractivity contribution in [3.05, 3.63) is 29.8 Å². The number of rotatable bonds is 2. The third-order valence-electron chi connectivity index (χ3n) is 3.98. The fraction of sp³-hybridized carbons (Fsp3) is 0.357. The standard InChI is InChI=1S/C14H14N2O2S/c15-12(19)8-3-1-4-9(7-8)16-13(17)10-5-2-6-11(10)14(16)18/h1,3-4,7,10-11H,2,5-6H2,(H2,15,19). The van der Waals surface area contributed by atoms with E-state index in [0.717, 1.165) is 19.3 Å². The molecule has 1 saturated carbocycles. The molecule has 0 bridgehead atoms. The number of hydrogen-bond acceptors (Lipinski definition) is 3. The van der Waals surface area contributed by atoms with Gasteiger partial charge in [-0.2, -0.15) is 0 Å². The summed E-state index contributed by atoms with van der Waals surface area (Å²) in [5.74, 6) is -0.401. The smallest absolute Gasteiger partial charge is 0.237 e. The summed E-state index contributed by atoms with van der Waals surface area (Å²) < 4.78 is 0. The van der Waals surface area contributed by atoms with E-state index in [2.05, 4.69) is 0 Å². The molecule has 1 aliphatic heterocycles. The molecule has 2 amide bonds. The third kappa shape index (κ3) is 1.85. The average molecular weight is 274 g/mol. The van der Waals surface area contributed by atoms with Gasteiger partial charge in [-0.05, 0) is 25.0 Å². The van der Waals surface area contributed by atoms with Crippen LogP contribution in [0.2, 0.25) is 0 Å². The normalized spacial score (nSPS) is 25.8. The van der Waals surface area contributed by atoms with Crippen LogP contribution in [0, 0.1) is 11.8 Å². The van der Waals surface area contributed by atoms with Gasteiger partial charge in [0.1, 0.15) is 4.99 Å². The highest BCUT2D eigenvalue weighted by atomic mass is 32.1. The Morgan fingerprint density at radius 2 is 1.84 bits per heavy atom. The molecule has 1 saturated heterocycles. The van der Waals surface area contributed by atoms with E-state index in [1.54, 1.807) is 24.3 Å². The van der Waals surface area contributed by atoms with Crippen LogP contribution in [0.5, 0.6) is 0 Å². The first-order valence-corrected chi connectivity index (χ1v) is 6.78. The molecule has 2 atom stereocenters. The topological polar surface area (TPSA) is 63.4 Å². The Bertz CT molecular complexity index is 563. The molecule has 2 aliphatic rings. The van der Waals surface area contributed by atoms with Gasteiger partial charge < -0.3 is 5.73 Å². The molecule has 98 valence electrons. The summed E-state index contributed by atoms with van der Waals surface area (Å²) >= 11 is 4.92. The fourth-order valence-corrected chi connectivity index (χ4v) is 3.17. The van der Waals surface area contributed by atoms with Crippen molar-refractivity contribution < 1.29 is 9.59 Å². The number of anilines is 1. The van der Waals surface area contributed by atoms with E-state index >= 15 is 0 Å². The number of nitrogens with two attached hydrogens (primary N) is 1. The molecule has 1 aromatic carbocycles. The maximum Gasteiger partial charge on any atom is 0.237 e. The number of hydrogen-bond donors (Lipinski definition) is 1. The van der Waals surface area contributed by atoms with Crippen molar-refractivity contribution in [2.75, 3.05) is 4.90 Å². The monoisotopic (exact) mass is 274 g/mol. The Morgan fingerprint density at radius 1 is 1.21 bits per heavy atom. The molecule has 5 heteroatoms. The van der Waals surface area contributed by atoms with E-state index in [4.69, 9.17) is 18.0 Å². The highest BCUT2D eigenvalue weighted by Crippen LogP contribution is 2.41. The van der Waals surface area contributed by atoms with Crippen molar-refractivity contribution in [1.29, 1.82) is 0 Å². The molecule has 1 heterocycles. The van der Waals surface area contributed by atoms with Crippen molar-refractivity contribution in [1.82, 2.24) is 0 Å². The van der Waals surface area contributed by atoms with Gasteiger partial charge in [-0.3, -0.25) is 14.5 Å². The Labute approximate surface area is 116 Å². The van der Waals surface area contributed by atoms with Gasteiger partial charge >= 0.3 is 0 Å². The molecule has 0 radical (unpaired) electrons. The van der Waals surface area contributed by atoms with E-state index in [1.165, 1.54) is 4.90 Å². The van der Waals surface area contributed by atoms with Gasteiger partial charge in [-0.1, -0.05) is 30.8 Å². The van der Waals surface area contributed by atoms with Crippen LogP contribution in [0.3, 0.4) is 0 Å². The zero-order valence-electron chi connectivity index (χ0n) is 10.3. The van der Waals surface area contributed by atoms with Crippen LogP contribution >= 0.6 is 12.2 Å². The molecule has 2 N–H and O–H groups in total. The molecule has 2 fully saturated rings. The fourth-order valence-electron chi connectivity index (χ4n) is 3.04. The Hall–Kier alpha value is -1.75.